The summed E-state index contributed by atoms with van der Waals surface area (Å²) in [6.45, 7) is 0.384. The second-order valence-electron chi connectivity index (χ2n) is 5.46. The molecule has 3 rings (SSSR count). The molecule has 0 aliphatic heterocycles. The summed E-state index contributed by atoms with van der Waals surface area (Å²) in [7, 11) is 0. The first-order chi connectivity index (χ1) is 12.2. The van der Waals surface area contributed by atoms with Gasteiger partial charge in [0.2, 0.25) is 0 Å². The van der Waals surface area contributed by atoms with Crippen LogP contribution in [-0.4, -0.2) is 17.1 Å². The molecule has 124 valence electrons. The highest BCUT2D eigenvalue weighted by molar-refractivity contribution is 5.77. The minimum Gasteiger partial charge on any atom is -0.484 e. The molecular weight excluding hydrogens is 314 g/mol. The third kappa shape index (κ3) is 4.49. The van der Waals surface area contributed by atoms with Crippen molar-refractivity contribution in [2.75, 3.05) is 6.61 Å². The summed E-state index contributed by atoms with van der Waals surface area (Å²) in [5, 5.41) is 11.6. The Labute approximate surface area is 146 Å². The van der Waals surface area contributed by atoms with Crippen molar-refractivity contribution in [2.24, 2.45) is 0 Å². The van der Waals surface area contributed by atoms with Crippen LogP contribution in [0.25, 0.3) is 5.69 Å². The number of hydrogen-bond acceptors (Lipinski definition) is 3. The SMILES string of the molecule is N#Cc1ccc(OCC(=O)NCc2ccc(-n3cccc3)cc2)cc1. The molecule has 1 aromatic heterocycles. The predicted octanol–water partition coefficient (Wildman–Crippen LogP) is 3.04. The first kappa shape index (κ1) is 16.3. The highest BCUT2D eigenvalue weighted by atomic mass is 16.5. The number of nitriles is 1. The van der Waals surface area contributed by atoms with Gasteiger partial charge in [-0.2, -0.15) is 5.26 Å². The van der Waals surface area contributed by atoms with Gasteiger partial charge in [-0.1, -0.05) is 12.1 Å². The van der Waals surface area contributed by atoms with Crippen LogP contribution in [0.3, 0.4) is 0 Å². The van der Waals surface area contributed by atoms with Crippen LogP contribution in [0.5, 0.6) is 5.75 Å². The van der Waals surface area contributed by atoms with Gasteiger partial charge in [-0.15, -0.1) is 0 Å². The fourth-order valence-electron chi connectivity index (χ4n) is 2.32. The average Bonchev–Trinajstić information content (AvgIpc) is 3.20. The van der Waals surface area contributed by atoms with E-state index in [-0.39, 0.29) is 12.5 Å². The average molecular weight is 331 g/mol. The molecule has 0 aliphatic rings. The molecule has 1 amide bonds. The number of ether oxygens (including phenoxy) is 1. The molecule has 0 bridgehead atoms. The van der Waals surface area contributed by atoms with E-state index in [0.717, 1.165) is 11.3 Å². The van der Waals surface area contributed by atoms with Crippen molar-refractivity contribution in [3.8, 4) is 17.5 Å². The Hall–Kier alpha value is -3.52. The lowest BCUT2D eigenvalue weighted by Gasteiger charge is -2.09. The van der Waals surface area contributed by atoms with E-state index in [2.05, 4.69) is 5.32 Å². The maximum absolute atomic E-state index is 11.9. The number of carbonyl (C=O) groups excluding carboxylic acids is 1. The standard InChI is InChI=1S/C20H17N3O2/c21-13-16-5-9-19(10-6-16)25-15-20(24)22-14-17-3-7-18(8-4-17)23-11-1-2-12-23/h1-12H,14-15H2,(H,22,24). The summed E-state index contributed by atoms with van der Waals surface area (Å²) in [5.41, 5.74) is 2.65. The van der Waals surface area contributed by atoms with Crippen molar-refractivity contribution in [1.82, 2.24) is 9.88 Å². The summed E-state index contributed by atoms with van der Waals surface area (Å²) in [6.07, 6.45) is 3.97. The van der Waals surface area contributed by atoms with E-state index >= 15 is 0 Å². The normalized spacial score (nSPS) is 10.0. The fourth-order valence-corrected chi connectivity index (χ4v) is 2.32. The lowest BCUT2D eigenvalue weighted by Crippen LogP contribution is -2.28. The topological polar surface area (TPSA) is 67.0 Å². The van der Waals surface area contributed by atoms with Crippen molar-refractivity contribution >= 4 is 5.91 Å². The minimum absolute atomic E-state index is 0.0622. The van der Waals surface area contributed by atoms with E-state index in [1.54, 1.807) is 24.3 Å². The Morgan fingerprint density at radius 3 is 2.36 bits per heavy atom. The van der Waals surface area contributed by atoms with Crippen molar-refractivity contribution < 1.29 is 9.53 Å². The highest BCUT2D eigenvalue weighted by Crippen LogP contribution is 2.12. The first-order valence-electron chi connectivity index (χ1n) is 7.86. The van der Waals surface area contributed by atoms with E-state index in [1.165, 1.54) is 0 Å². The summed E-state index contributed by atoms with van der Waals surface area (Å²) in [5.74, 6) is 0.365. The van der Waals surface area contributed by atoms with Gasteiger partial charge in [-0.05, 0) is 54.1 Å². The molecule has 25 heavy (non-hydrogen) atoms. The Morgan fingerprint density at radius 2 is 1.72 bits per heavy atom. The highest BCUT2D eigenvalue weighted by Gasteiger charge is 2.03. The maximum Gasteiger partial charge on any atom is 0.258 e. The number of hydrogen-bond donors (Lipinski definition) is 1. The second-order valence-corrected chi connectivity index (χ2v) is 5.46. The quantitative estimate of drug-likeness (QED) is 0.755. The van der Waals surface area contributed by atoms with E-state index in [0.29, 0.717) is 17.9 Å². The third-order valence-electron chi connectivity index (χ3n) is 3.68. The molecule has 0 aliphatic carbocycles. The van der Waals surface area contributed by atoms with Gasteiger partial charge in [-0.3, -0.25) is 4.79 Å². The van der Waals surface area contributed by atoms with Crippen LogP contribution >= 0.6 is 0 Å². The molecule has 0 fully saturated rings. The molecule has 0 spiro atoms. The molecule has 0 radical (unpaired) electrons. The lowest BCUT2D eigenvalue weighted by molar-refractivity contribution is -0.123. The molecule has 5 nitrogen and oxygen atoms in total. The van der Waals surface area contributed by atoms with Crippen LogP contribution in [0, 0.1) is 11.3 Å². The van der Waals surface area contributed by atoms with Gasteiger partial charge in [0.15, 0.2) is 6.61 Å². The van der Waals surface area contributed by atoms with Crippen molar-refractivity contribution in [3.05, 3.63) is 84.2 Å². The van der Waals surface area contributed by atoms with Gasteiger partial charge in [0, 0.05) is 24.6 Å². The number of rotatable bonds is 6. The van der Waals surface area contributed by atoms with Crippen molar-refractivity contribution in [3.63, 3.8) is 0 Å². The van der Waals surface area contributed by atoms with Gasteiger partial charge in [-0.25, -0.2) is 0 Å². The number of amides is 1. The van der Waals surface area contributed by atoms with E-state index in [9.17, 15) is 4.79 Å². The molecule has 1 N–H and O–H groups in total. The van der Waals surface area contributed by atoms with Gasteiger partial charge < -0.3 is 14.6 Å². The summed E-state index contributed by atoms with van der Waals surface area (Å²) in [6, 6.07) is 20.6. The van der Waals surface area contributed by atoms with Crippen LogP contribution in [0.2, 0.25) is 0 Å². The summed E-state index contributed by atoms with van der Waals surface area (Å²) < 4.78 is 7.42. The van der Waals surface area contributed by atoms with Gasteiger partial charge in [0.1, 0.15) is 5.75 Å². The van der Waals surface area contributed by atoms with Crippen LogP contribution in [0.15, 0.2) is 73.1 Å². The second kappa shape index (κ2) is 7.84. The molecule has 3 aromatic rings. The molecular formula is C20H17N3O2. The van der Waals surface area contributed by atoms with Gasteiger partial charge >= 0.3 is 0 Å². The number of nitrogens with zero attached hydrogens (tertiary/aromatic N) is 2. The van der Waals surface area contributed by atoms with Crippen molar-refractivity contribution in [2.45, 2.75) is 6.54 Å². The Balaban J connectivity index is 1.46. The number of carbonyl (C=O) groups is 1. The van der Waals surface area contributed by atoms with Crippen LogP contribution in [-0.2, 0) is 11.3 Å². The lowest BCUT2D eigenvalue weighted by atomic mass is 10.2. The minimum atomic E-state index is -0.196. The zero-order chi connectivity index (χ0) is 17.5. The monoisotopic (exact) mass is 331 g/mol. The summed E-state index contributed by atoms with van der Waals surface area (Å²) >= 11 is 0. The Bertz CT molecular complexity index is 861. The largest absolute Gasteiger partial charge is 0.484 e. The fraction of sp³-hybridized carbons (Fsp3) is 0.100. The molecule has 1 heterocycles. The van der Waals surface area contributed by atoms with Gasteiger partial charge in [0.05, 0.1) is 11.6 Å². The van der Waals surface area contributed by atoms with E-state index in [4.69, 9.17) is 10.00 Å². The smallest absolute Gasteiger partial charge is 0.258 e. The molecule has 0 saturated carbocycles. The molecule has 0 atom stereocenters. The Kier molecular flexibility index (Phi) is 5.13. The Morgan fingerprint density at radius 1 is 1.04 bits per heavy atom. The van der Waals surface area contributed by atoms with Crippen LogP contribution < -0.4 is 10.1 Å². The van der Waals surface area contributed by atoms with Gasteiger partial charge in [0.25, 0.3) is 5.91 Å². The number of benzene rings is 2. The molecule has 2 aromatic carbocycles. The van der Waals surface area contributed by atoms with E-state index in [1.807, 2.05) is 59.4 Å². The first-order valence-corrected chi connectivity index (χ1v) is 7.86. The molecule has 0 unspecified atom stereocenters. The molecule has 5 heteroatoms. The molecule has 0 saturated heterocycles. The number of aromatic nitrogens is 1. The zero-order valence-electron chi connectivity index (χ0n) is 13.6. The number of nitrogens with one attached hydrogen (secondary N) is 1. The van der Waals surface area contributed by atoms with Crippen LogP contribution in [0.1, 0.15) is 11.1 Å². The third-order valence-corrected chi connectivity index (χ3v) is 3.68. The predicted molar refractivity (Wildman–Crippen MR) is 94.3 cm³/mol. The van der Waals surface area contributed by atoms with Crippen molar-refractivity contribution in [1.29, 1.82) is 5.26 Å². The van der Waals surface area contributed by atoms with E-state index < -0.39 is 0 Å². The van der Waals surface area contributed by atoms with Crippen LogP contribution in [0.4, 0.5) is 0 Å². The zero-order valence-corrected chi connectivity index (χ0v) is 13.6. The summed E-state index contributed by atoms with van der Waals surface area (Å²) in [4.78, 5) is 11.9. The maximum atomic E-state index is 11.9.